The summed E-state index contributed by atoms with van der Waals surface area (Å²) in [4.78, 5) is 0. The smallest absolute Gasteiger partial charge is 0.171 e. The predicted molar refractivity (Wildman–Crippen MR) is 40.0 cm³/mol. The molecule has 62 valence electrons. The Hall–Kier alpha value is -0.0800. The molecular formula is C9H14O2. The van der Waals surface area contributed by atoms with Crippen molar-refractivity contribution in [2.75, 3.05) is 13.2 Å². The molecule has 0 aromatic carbocycles. The van der Waals surface area contributed by atoms with Gasteiger partial charge >= 0.3 is 0 Å². The quantitative estimate of drug-likeness (QED) is 0.525. The lowest BCUT2D eigenvalue weighted by molar-refractivity contribution is -0.170. The molecule has 0 amide bonds. The van der Waals surface area contributed by atoms with E-state index in [0.717, 1.165) is 37.4 Å². The zero-order valence-electron chi connectivity index (χ0n) is 6.88. The van der Waals surface area contributed by atoms with Crippen LogP contribution in [-0.4, -0.2) is 19.0 Å². The summed E-state index contributed by atoms with van der Waals surface area (Å²) >= 11 is 0. The molecule has 2 nitrogen and oxygen atoms in total. The van der Waals surface area contributed by atoms with Crippen LogP contribution >= 0.6 is 0 Å². The van der Waals surface area contributed by atoms with E-state index in [2.05, 4.69) is 6.92 Å². The Morgan fingerprint density at radius 2 is 2.00 bits per heavy atom. The molecule has 0 radical (unpaired) electrons. The number of hydrogen-bond acceptors (Lipinski definition) is 2. The summed E-state index contributed by atoms with van der Waals surface area (Å²) in [6.45, 7) is 3.95. The topological polar surface area (TPSA) is 18.5 Å². The standard InChI is InChI=1S/C9H14O2/c1-6-7-2-3-9(8(6)7)10-4-5-11-9/h6-8H,2-5H2,1H3/t6-,7+,8-/m1/s1. The van der Waals surface area contributed by atoms with E-state index in [9.17, 15) is 0 Å². The van der Waals surface area contributed by atoms with Gasteiger partial charge in [-0.05, 0) is 18.3 Å². The third kappa shape index (κ3) is 0.651. The van der Waals surface area contributed by atoms with E-state index in [1.807, 2.05) is 0 Å². The van der Waals surface area contributed by atoms with Crippen molar-refractivity contribution < 1.29 is 9.47 Å². The largest absolute Gasteiger partial charge is 0.347 e. The fraction of sp³-hybridized carbons (Fsp3) is 1.00. The van der Waals surface area contributed by atoms with Gasteiger partial charge < -0.3 is 9.47 Å². The van der Waals surface area contributed by atoms with E-state index in [4.69, 9.17) is 9.47 Å². The number of ether oxygens (including phenoxy) is 2. The van der Waals surface area contributed by atoms with Crippen molar-refractivity contribution in [3.05, 3.63) is 0 Å². The van der Waals surface area contributed by atoms with E-state index in [-0.39, 0.29) is 5.79 Å². The fourth-order valence-corrected chi connectivity index (χ4v) is 3.06. The number of fused-ring (bicyclic) bond motifs is 2. The van der Waals surface area contributed by atoms with Crippen LogP contribution in [0.15, 0.2) is 0 Å². The minimum atomic E-state index is -0.107. The molecule has 3 fully saturated rings. The molecule has 1 spiro atoms. The maximum absolute atomic E-state index is 5.70. The van der Waals surface area contributed by atoms with E-state index in [1.165, 1.54) is 6.42 Å². The lowest BCUT2D eigenvalue weighted by Crippen LogP contribution is -2.30. The van der Waals surface area contributed by atoms with Crippen LogP contribution in [0.25, 0.3) is 0 Å². The molecule has 2 saturated carbocycles. The Labute approximate surface area is 66.9 Å². The van der Waals surface area contributed by atoms with Gasteiger partial charge in [0.2, 0.25) is 0 Å². The minimum absolute atomic E-state index is 0.107. The van der Waals surface area contributed by atoms with Crippen LogP contribution in [0.2, 0.25) is 0 Å². The van der Waals surface area contributed by atoms with Gasteiger partial charge in [-0.15, -0.1) is 0 Å². The van der Waals surface area contributed by atoms with Crippen molar-refractivity contribution >= 4 is 0 Å². The summed E-state index contributed by atoms with van der Waals surface area (Å²) in [5.41, 5.74) is 0. The van der Waals surface area contributed by atoms with Crippen molar-refractivity contribution in [1.29, 1.82) is 0 Å². The van der Waals surface area contributed by atoms with Crippen molar-refractivity contribution in [3.8, 4) is 0 Å². The van der Waals surface area contributed by atoms with Gasteiger partial charge in [0, 0.05) is 12.3 Å². The van der Waals surface area contributed by atoms with E-state index in [1.54, 1.807) is 0 Å². The highest BCUT2D eigenvalue weighted by atomic mass is 16.7. The van der Waals surface area contributed by atoms with Crippen LogP contribution in [-0.2, 0) is 9.47 Å². The lowest BCUT2D eigenvalue weighted by Gasteiger charge is -2.24. The third-order valence-electron chi connectivity index (χ3n) is 3.67. The van der Waals surface area contributed by atoms with Gasteiger partial charge in [-0.3, -0.25) is 0 Å². The molecule has 3 aliphatic rings. The molecule has 2 aliphatic carbocycles. The summed E-state index contributed by atoms with van der Waals surface area (Å²) in [7, 11) is 0. The molecule has 1 heterocycles. The first-order chi connectivity index (χ1) is 5.33. The van der Waals surface area contributed by atoms with Crippen LogP contribution in [0.5, 0.6) is 0 Å². The number of hydrogen-bond donors (Lipinski definition) is 0. The van der Waals surface area contributed by atoms with Crippen molar-refractivity contribution in [3.63, 3.8) is 0 Å². The van der Waals surface area contributed by atoms with Gasteiger partial charge in [0.25, 0.3) is 0 Å². The fourth-order valence-electron chi connectivity index (χ4n) is 3.06. The zero-order chi connectivity index (χ0) is 7.47. The highest BCUT2D eigenvalue weighted by molar-refractivity contribution is 5.09. The van der Waals surface area contributed by atoms with Gasteiger partial charge in [0.1, 0.15) is 0 Å². The summed E-state index contributed by atoms with van der Waals surface area (Å²) in [6.07, 6.45) is 2.47. The van der Waals surface area contributed by atoms with Crippen molar-refractivity contribution in [2.45, 2.75) is 25.6 Å². The second-order valence-electron chi connectivity index (χ2n) is 4.10. The lowest BCUT2D eigenvalue weighted by atomic mass is 10.1. The molecule has 11 heavy (non-hydrogen) atoms. The highest BCUT2D eigenvalue weighted by Gasteiger charge is 2.66. The van der Waals surface area contributed by atoms with Crippen LogP contribution in [0, 0.1) is 17.8 Å². The molecule has 0 bridgehead atoms. The van der Waals surface area contributed by atoms with Crippen molar-refractivity contribution in [2.24, 2.45) is 17.8 Å². The Bertz CT molecular complexity index is 178. The van der Waals surface area contributed by atoms with Crippen molar-refractivity contribution in [1.82, 2.24) is 0 Å². The maximum atomic E-state index is 5.70. The molecule has 3 atom stereocenters. The second-order valence-corrected chi connectivity index (χ2v) is 4.10. The molecule has 0 aromatic heterocycles. The average Bonchev–Trinajstić information content (AvgIpc) is 2.52. The molecule has 2 heteroatoms. The van der Waals surface area contributed by atoms with E-state index >= 15 is 0 Å². The first kappa shape index (κ1) is 6.44. The highest BCUT2D eigenvalue weighted by Crippen LogP contribution is 2.64. The van der Waals surface area contributed by atoms with Gasteiger partial charge in [-0.25, -0.2) is 0 Å². The molecule has 0 N–H and O–H groups in total. The average molecular weight is 154 g/mol. The Balaban J connectivity index is 1.87. The molecule has 1 saturated heterocycles. The number of rotatable bonds is 0. The van der Waals surface area contributed by atoms with Crippen LogP contribution in [0.4, 0.5) is 0 Å². The van der Waals surface area contributed by atoms with E-state index < -0.39 is 0 Å². The summed E-state index contributed by atoms with van der Waals surface area (Å²) in [6, 6.07) is 0. The molecule has 3 rings (SSSR count). The predicted octanol–water partition coefficient (Wildman–Crippen LogP) is 1.41. The second kappa shape index (κ2) is 1.80. The van der Waals surface area contributed by atoms with E-state index in [0.29, 0.717) is 0 Å². The zero-order valence-corrected chi connectivity index (χ0v) is 6.88. The van der Waals surface area contributed by atoms with Gasteiger partial charge in [-0.2, -0.15) is 0 Å². The third-order valence-corrected chi connectivity index (χ3v) is 3.67. The maximum Gasteiger partial charge on any atom is 0.171 e. The van der Waals surface area contributed by atoms with Gasteiger partial charge in [-0.1, -0.05) is 6.92 Å². The molecular weight excluding hydrogens is 140 g/mol. The Morgan fingerprint density at radius 1 is 1.27 bits per heavy atom. The molecule has 0 aromatic rings. The SMILES string of the molecule is C[C@@H]1[C@@H]2CCC3(OCCO3)[C@H]12. The molecule has 1 aliphatic heterocycles. The monoisotopic (exact) mass is 154 g/mol. The first-order valence-electron chi connectivity index (χ1n) is 4.61. The first-order valence-corrected chi connectivity index (χ1v) is 4.61. The van der Waals surface area contributed by atoms with Crippen LogP contribution in [0.1, 0.15) is 19.8 Å². The molecule has 0 unspecified atom stereocenters. The Kier molecular flexibility index (Phi) is 1.06. The normalized spacial score (nSPS) is 51.5. The summed E-state index contributed by atoms with van der Waals surface area (Å²) in [5, 5.41) is 0. The van der Waals surface area contributed by atoms with Crippen LogP contribution in [0.3, 0.4) is 0 Å². The summed E-state index contributed by atoms with van der Waals surface area (Å²) in [5.74, 6) is 2.42. The minimum Gasteiger partial charge on any atom is -0.347 e. The van der Waals surface area contributed by atoms with Crippen LogP contribution < -0.4 is 0 Å². The van der Waals surface area contributed by atoms with Gasteiger partial charge in [0.15, 0.2) is 5.79 Å². The Morgan fingerprint density at radius 3 is 2.55 bits per heavy atom. The summed E-state index contributed by atoms with van der Waals surface area (Å²) < 4.78 is 11.4. The van der Waals surface area contributed by atoms with Gasteiger partial charge in [0.05, 0.1) is 13.2 Å².